The van der Waals surface area contributed by atoms with E-state index in [-0.39, 0.29) is 5.75 Å². The zero-order valence-corrected chi connectivity index (χ0v) is 6.65. The van der Waals surface area contributed by atoms with E-state index in [0.29, 0.717) is 0 Å². The topological polar surface area (TPSA) is 9.23 Å². The second-order valence-corrected chi connectivity index (χ2v) is 2.22. The van der Waals surface area contributed by atoms with Crippen LogP contribution >= 0.6 is 0 Å². The van der Waals surface area contributed by atoms with E-state index >= 15 is 0 Å². The van der Waals surface area contributed by atoms with Crippen LogP contribution in [0.5, 0.6) is 5.75 Å². The molecule has 0 fully saturated rings. The van der Waals surface area contributed by atoms with Crippen LogP contribution in [0.2, 0.25) is 0 Å². The third-order valence-corrected chi connectivity index (χ3v) is 1.52. The maximum Gasteiger partial charge on any atom is 0.173 e. The predicted octanol–water partition coefficient (Wildman–Crippen LogP) is 2.20. The summed E-state index contributed by atoms with van der Waals surface area (Å²) in [6.07, 6.45) is 0.793. The van der Waals surface area contributed by atoms with E-state index in [2.05, 4.69) is 6.07 Å². The predicted molar refractivity (Wildman–Crippen MR) is 41.2 cm³/mol. The van der Waals surface area contributed by atoms with Gasteiger partial charge in [0, 0.05) is 6.07 Å². The van der Waals surface area contributed by atoms with Gasteiger partial charge in [-0.2, -0.15) is 0 Å². The molecule has 0 aliphatic rings. The van der Waals surface area contributed by atoms with Crippen LogP contribution in [0.25, 0.3) is 0 Å². The van der Waals surface area contributed by atoms with Crippen LogP contribution in [0, 0.1) is 11.9 Å². The molecule has 0 amide bonds. The molecule has 1 radical (unpaired) electrons. The van der Waals surface area contributed by atoms with E-state index in [4.69, 9.17) is 4.74 Å². The quantitative estimate of drug-likeness (QED) is 0.632. The fourth-order valence-electron chi connectivity index (χ4n) is 0.858. The van der Waals surface area contributed by atoms with Crippen molar-refractivity contribution in [1.29, 1.82) is 0 Å². The lowest BCUT2D eigenvalue weighted by Gasteiger charge is -2.01. The number of halogens is 1. The molecule has 0 unspecified atom stereocenters. The number of benzene rings is 1. The second-order valence-electron chi connectivity index (χ2n) is 2.22. The monoisotopic (exact) mass is 153 g/mol. The zero-order chi connectivity index (χ0) is 8.27. The standard InChI is InChI=1S/C9H10FO/c1-3-7-4-5-9(11-2)8(10)6-7/h4-5H,3H2,1-2H3. The summed E-state index contributed by atoms with van der Waals surface area (Å²) in [5.74, 6) is -0.158. The molecular weight excluding hydrogens is 143 g/mol. The molecule has 0 spiro atoms. The van der Waals surface area contributed by atoms with Gasteiger partial charge in [0.1, 0.15) is 0 Å². The number of ether oxygens (including phenoxy) is 1. The first kappa shape index (κ1) is 8.05. The van der Waals surface area contributed by atoms with Crippen molar-refractivity contribution in [2.75, 3.05) is 7.11 Å². The highest BCUT2D eigenvalue weighted by atomic mass is 19.1. The zero-order valence-electron chi connectivity index (χ0n) is 6.65. The lowest BCUT2D eigenvalue weighted by atomic mass is 10.1. The number of aryl methyl sites for hydroxylation is 1. The van der Waals surface area contributed by atoms with Gasteiger partial charge in [0.05, 0.1) is 7.11 Å². The number of methoxy groups -OCH3 is 1. The lowest BCUT2D eigenvalue weighted by molar-refractivity contribution is 0.385. The summed E-state index contributed by atoms with van der Waals surface area (Å²) in [5.41, 5.74) is 0.864. The first-order valence-electron chi connectivity index (χ1n) is 3.52. The van der Waals surface area contributed by atoms with Crippen molar-refractivity contribution in [3.63, 3.8) is 0 Å². The Morgan fingerprint density at radius 2 is 2.27 bits per heavy atom. The van der Waals surface area contributed by atoms with Gasteiger partial charge in [-0.3, -0.25) is 0 Å². The molecule has 0 N–H and O–H groups in total. The Bertz CT molecular complexity index is 245. The molecule has 59 valence electrons. The molecule has 0 aliphatic carbocycles. The average Bonchev–Trinajstić information content (AvgIpc) is 2.04. The Morgan fingerprint density at radius 1 is 1.55 bits per heavy atom. The highest BCUT2D eigenvalue weighted by Crippen LogP contribution is 2.16. The van der Waals surface area contributed by atoms with Gasteiger partial charge >= 0.3 is 0 Å². The van der Waals surface area contributed by atoms with Crippen molar-refractivity contribution in [2.24, 2.45) is 0 Å². The molecule has 11 heavy (non-hydrogen) atoms. The summed E-state index contributed by atoms with van der Waals surface area (Å²) in [7, 11) is 1.44. The van der Waals surface area contributed by atoms with Gasteiger partial charge in [-0.25, -0.2) is 4.39 Å². The minimum Gasteiger partial charge on any atom is -0.494 e. The van der Waals surface area contributed by atoms with Crippen molar-refractivity contribution in [2.45, 2.75) is 13.3 Å². The summed E-state index contributed by atoms with van der Waals surface area (Å²) in [6, 6.07) is 6.01. The van der Waals surface area contributed by atoms with E-state index in [1.54, 1.807) is 6.07 Å². The summed E-state index contributed by atoms with van der Waals surface area (Å²) in [4.78, 5) is 0. The molecule has 0 heterocycles. The maximum absolute atomic E-state index is 12.9. The van der Waals surface area contributed by atoms with Crippen molar-refractivity contribution >= 4 is 0 Å². The van der Waals surface area contributed by atoms with Gasteiger partial charge in [-0.05, 0) is 18.1 Å². The molecule has 0 bridgehead atoms. The highest BCUT2D eigenvalue weighted by molar-refractivity contribution is 5.27. The summed E-state index contributed by atoms with van der Waals surface area (Å²) >= 11 is 0. The van der Waals surface area contributed by atoms with Crippen molar-refractivity contribution in [3.05, 3.63) is 29.6 Å². The molecule has 1 aromatic carbocycles. The van der Waals surface area contributed by atoms with Crippen LogP contribution in [0.1, 0.15) is 12.5 Å². The molecule has 1 rings (SSSR count). The normalized spacial score (nSPS) is 9.73. The average molecular weight is 153 g/mol. The van der Waals surface area contributed by atoms with E-state index in [9.17, 15) is 4.39 Å². The largest absolute Gasteiger partial charge is 0.494 e. The fraction of sp³-hybridized carbons (Fsp3) is 0.333. The van der Waals surface area contributed by atoms with Gasteiger partial charge in [0.25, 0.3) is 0 Å². The van der Waals surface area contributed by atoms with Crippen molar-refractivity contribution in [1.82, 2.24) is 0 Å². The van der Waals surface area contributed by atoms with Crippen LogP contribution < -0.4 is 4.74 Å². The first-order chi connectivity index (χ1) is 5.27. The maximum atomic E-state index is 12.9. The molecule has 1 nitrogen and oxygen atoms in total. The Kier molecular flexibility index (Phi) is 2.47. The van der Waals surface area contributed by atoms with Crippen LogP contribution in [-0.4, -0.2) is 7.11 Å². The number of hydrogen-bond donors (Lipinski definition) is 0. The summed E-state index contributed by atoms with van der Waals surface area (Å²) in [6.45, 7) is 1.96. The molecule has 0 saturated carbocycles. The second kappa shape index (κ2) is 3.37. The highest BCUT2D eigenvalue weighted by Gasteiger charge is 2.01. The third kappa shape index (κ3) is 1.70. The number of hydrogen-bond acceptors (Lipinski definition) is 1. The van der Waals surface area contributed by atoms with Crippen LogP contribution in [-0.2, 0) is 6.42 Å². The van der Waals surface area contributed by atoms with Crippen LogP contribution in [0.4, 0.5) is 4.39 Å². The molecule has 2 heteroatoms. The minimum atomic E-state index is -0.410. The Labute approximate surface area is 65.8 Å². The van der Waals surface area contributed by atoms with E-state index in [1.165, 1.54) is 7.11 Å². The molecule has 1 aromatic rings. The van der Waals surface area contributed by atoms with Crippen LogP contribution in [0.15, 0.2) is 12.1 Å². The Morgan fingerprint density at radius 3 is 2.73 bits per heavy atom. The van der Waals surface area contributed by atoms with Gasteiger partial charge < -0.3 is 4.74 Å². The Hall–Kier alpha value is -1.05. The smallest absolute Gasteiger partial charge is 0.173 e. The first-order valence-corrected chi connectivity index (χ1v) is 3.52. The van der Waals surface area contributed by atoms with Crippen LogP contribution in [0.3, 0.4) is 0 Å². The summed E-state index contributed by atoms with van der Waals surface area (Å²) < 4.78 is 17.6. The third-order valence-electron chi connectivity index (χ3n) is 1.52. The van der Waals surface area contributed by atoms with Gasteiger partial charge in [-0.15, -0.1) is 0 Å². The summed E-state index contributed by atoms with van der Waals surface area (Å²) in [5, 5.41) is 0. The van der Waals surface area contributed by atoms with E-state index in [0.717, 1.165) is 12.0 Å². The van der Waals surface area contributed by atoms with Gasteiger partial charge in [-0.1, -0.05) is 13.0 Å². The fourth-order valence-corrected chi connectivity index (χ4v) is 0.858. The molecule has 0 aromatic heterocycles. The van der Waals surface area contributed by atoms with Gasteiger partial charge in [0.15, 0.2) is 11.6 Å². The van der Waals surface area contributed by atoms with Crippen molar-refractivity contribution in [3.8, 4) is 5.75 Å². The SMILES string of the molecule is CCc1[c]c(F)c(OC)cc1. The minimum absolute atomic E-state index is 0.252. The number of rotatable bonds is 2. The Balaban J connectivity index is 2.99. The van der Waals surface area contributed by atoms with E-state index in [1.807, 2.05) is 13.0 Å². The lowest BCUT2D eigenvalue weighted by Crippen LogP contribution is -1.90. The van der Waals surface area contributed by atoms with Crippen molar-refractivity contribution < 1.29 is 9.13 Å². The molecular formula is C9H10FO. The molecule has 0 aliphatic heterocycles. The molecule has 0 saturated heterocycles. The van der Waals surface area contributed by atoms with Gasteiger partial charge in [0.2, 0.25) is 0 Å². The van der Waals surface area contributed by atoms with E-state index < -0.39 is 5.82 Å². The molecule has 0 atom stereocenters.